The SMILES string of the molecule is CCCn1c(-c2cc(N)cc(Cl)c2)nc2cc(Cl)ccc21. The lowest BCUT2D eigenvalue weighted by Crippen LogP contribution is -2.00. The lowest BCUT2D eigenvalue weighted by molar-refractivity contribution is 0.704. The normalized spacial score (nSPS) is 11.2. The summed E-state index contributed by atoms with van der Waals surface area (Å²) in [6, 6.07) is 11.3. The molecular weight excluding hydrogens is 305 g/mol. The molecule has 5 heteroatoms. The van der Waals surface area contributed by atoms with E-state index in [4.69, 9.17) is 33.9 Å². The van der Waals surface area contributed by atoms with Crippen LogP contribution in [0.15, 0.2) is 36.4 Å². The number of imidazole rings is 1. The minimum Gasteiger partial charge on any atom is -0.399 e. The van der Waals surface area contributed by atoms with Gasteiger partial charge in [0, 0.05) is 27.8 Å². The number of rotatable bonds is 3. The molecule has 3 aromatic rings. The van der Waals surface area contributed by atoms with Crippen LogP contribution in [0.4, 0.5) is 5.69 Å². The van der Waals surface area contributed by atoms with E-state index >= 15 is 0 Å². The third-order valence-corrected chi connectivity index (χ3v) is 3.79. The number of nitrogen functional groups attached to an aromatic ring is 1. The first-order valence-electron chi connectivity index (χ1n) is 6.80. The van der Waals surface area contributed by atoms with Gasteiger partial charge in [-0.2, -0.15) is 0 Å². The van der Waals surface area contributed by atoms with E-state index in [1.165, 1.54) is 0 Å². The minimum atomic E-state index is 0.609. The lowest BCUT2D eigenvalue weighted by atomic mass is 10.2. The number of aromatic nitrogens is 2. The average molecular weight is 320 g/mol. The topological polar surface area (TPSA) is 43.8 Å². The van der Waals surface area contributed by atoms with Crippen molar-refractivity contribution in [1.82, 2.24) is 9.55 Å². The average Bonchev–Trinajstić information content (AvgIpc) is 2.76. The zero-order valence-corrected chi connectivity index (χ0v) is 13.1. The maximum Gasteiger partial charge on any atom is 0.141 e. The number of hydrogen-bond donors (Lipinski definition) is 1. The van der Waals surface area contributed by atoms with Crippen molar-refractivity contribution in [3.05, 3.63) is 46.4 Å². The molecule has 1 aromatic heterocycles. The Bertz CT molecular complexity index is 788. The molecular formula is C16H15Cl2N3. The molecule has 0 amide bonds. The van der Waals surface area contributed by atoms with Gasteiger partial charge in [-0.3, -0.25) is 0 Å². The summed E-state index contributed by atoms with van der Waals surface area (Å²) in [6.07, 6.45) is 1.01. The van der Waals surface area contributed by atoms with E-state index in [2.05, 4.69) is 11.5 Å². The number of nitrogens with zero attached hydrogens (tertiary/aromatic N) is 2. The number of benzene rings is 2. The Kier molecular flexibility index (Phi) is 3.79. The molecule has 0 unspecified atom stereocenters. The molecule has 1 heterocycles. The van der Waals surface area contributed by atoms with Crippen LogP contribution in [-0.4, -0.2) is 9.55 Å². The Morgan fingerprint density at radius 1 is 1.10 bits per heavy atom. The van der Waals surface area contributed by atoms with Gasteiger partial charge >= 0.3 is 0 Å². The van der Waals surface area contributed by atoms with Gasteiger partial charge < -0.3 is 10.3 Å². The number of anilines is 1. The predicted molar refractivity (Wildman–Crippen MR) is 89.9 cm³/mol. The van der Waals surface area contributed by atoms with Gasteiger partial charge in [0.2, 0.25) is 0 Å². The van der Waals surface area contributed by atoms with E-state index in [1.807, 2.05) is 30.3 Å². The number of aryl methyl sites for hydroxylation is 1. The molecule has 0 atom stereocenters. The van der Waals surface area contributed by atoms with Crippen LogP contribution < -0.4 is 5.73 Å². The van der Waals surface area contributed by atoms with Crippen LogP contribution >= 0.6 is 23.2 Å². The molecule has 0 fully saturated rings. The summed E-state index contributed by atoms with van der Waals surface area (Å²) in [6.45, 7) is 3.01. The van der Waals surface area contributed by atoms with Crippen molar-refractivity contribution in [2.45, 2.75) is 19.9 Å². The maximum atomic E-state index is 6.12. The van der Waals surface area contributed by atoms with E-state index < -0.39 is 0 Å². The molecule has 2 N–H and O–H groups in total. The monoisotopic (exact) mass is 319 g/mol. The second kappa shape index (κ2) is 5.58. The first-order valence-corrected chi connectivity index (χ1v) is 7.56. The minimum absolute atomic E-state index is 0.609. The summed E-state index contributed by atoms with van der Waals surface area (Å²) in [7, 11) is 0. The van der Waals surface area contributed by atoms with E-state index in [-0.39, 0.29) is 0 Å². The number of nitrogens with two attached hydrogens (primary N) is 1. The van der Waals surface area contributed by atoms with Gasteiger partial charge in [-0.05, 0) is 42.8 Å². The summed E-state index contributed by atoms with van der Waals surface area (Å²) < 4.78 is 2.18. The third kappa shape index (κ3) is 2.71. The Hall–Kier alpha value is -1.71. The van der Waals surface area contributed by atoms with Crippen LogP contribution in [0.3, 0.4) is 0 Å². The van der Waals surface area contributed by atoms with Crippen LogP contribution in [0.1, 0.15) is 13.3 Å². The molecule has 0 saturated carbocycles. The standard InChI is InChI=1S/C16H15Cl2N3/c1-2-5-21-15-4-3-11(17)9-14(15)20-16(21)10-6-12(18)8-13(19)7-10/h3-4,6-9H,2,5,19H2,1H3. The van der Waals surface area contributed by atoms with Crippen molar-refractivity contribution in [2.75, 3.05) is 5.73 Å². The van der Waals surface area contributed by atoms with Crippen molar-refractivity contribution in [3.8, 4) is 11.4 Å². The Balaban J connectivity index is 2.27. The number of halogens is 2. The van der Waals surface area contributed by atoms with Gasteiger partial charge in [-0.25, -0.2) is 4.98 Å². The maximum absolute atomic E-state index is 6.12. The molecule has 3 nitrogen and oxygen atoms in total. The second-order valence-electron chi connectivity index (χ2n) is 4.99. The fraction of sp³-hybridized carbons (Fsp3) is 0.188. The smallest absolute Gasteiger partial charge is 0.141 e. The molecule has 0 aliphatic rings. The van der Waals surface area contributed by atoms with Crippen molar-refractivity contribution >= 4 is 39.9 Å². The van der Waals surface area contributed by atoms with E-state index in [1.54, 1.807) is 6.07 Å². The fourth-order valence-electron chi connectivity index (χ4n) is 2.51. The Morgan fingerprint density at radius 3 is 2.62 bits per heavy atom. The van der Waals surface area contributed by atoms with Crippen LogP contribution in [0.5, 0.6) is 0 Å². The molecule has 0 aliphatic heterocycles. The van der Waals surface area contributed by atoms with Gasteiger partial charge in [0.15, 0.2) is 0 Å². The zero-order chi connectivity index (χ0) is 15.0. The first kappa shape index (κ1) is 14.2. The van der Waals surface area contributed by atoms with Crippen LogP contribution in [0, 0.1) is 0 Å². The van der Waals surface area contributed by atoms with Crippen LogP contribution in [0.25, 0.3) is 22.4 Å². The summed E-state index contributed by atoms with van der Waals surface area (Å²) >= 11 is 12.2. The molecule has 21 heavy (non-hydrogen) atoms. The van der Waals surface area contributed by atoms with E-state index in [9.17, 15) is 0 Å². The third-order valence-electron chi connectivity index (χ3n) is 3.34. The Morgan fingerprint density at radius 2 is 1.90 bits per heavy atom. The van der Waals surface area contributed by atoms with Gasteiger partial charge in [0.05, 0.1) is 11.0 Å². The molecule has 2 aromatic carbocycles. The highest BCUT2D eigenvalue weighted by molar-refractivity contribution is 6.31. The summed E-state index contributed by atoms with van der Waals surface area (Å²) in [5.74, 6) is 0.864. The van der Waals surface area contributed by atoms with Gasteiger partial charge in [-0.15, -0.1) is 0 Å². The summed E-state index contributed by atoms with van der Waals surface area (Å²) in [5, 5.41) is 1.29. The summed E-state index contributed by atoms with van der Waals surface area (Å²) in [4.78, 5) is 4.71. The molecule has 108 valence electrons. The quantitative estimate of drug-likeness (QED) is 0.690. The van der Waals surface area contributed by atoms with Gasteiger partial charge in [0.1, 0.15) is 5.82 Å². The fourth-order valence-corrected chi connectivity index (χ4v) is 2.92. The molecule has 0 radical (unpaired) electrons. The second-order valence-corrected chi connectivity index (χ2v) is 5.87. The predicted octanol–water partition coefficient (Wildman–Crippen LogP) is 5.00. The van der Waals surface area contributed by atoms with Crippen LogP contribution in [-0.2, 0) is 6.54 Å². The van der Waals surface area contributed by atoms with E-state index in [0.717, 1.165) is 35.4 Å². The van der Waals surface area contributed by atoms with Crippen LogP contribution in [0.2, 0.25) is 10.0 Å². The van der Waals surface area contributed by atoms with Crippen molar-refractivity contribution < 1.29 is 0 Å². The number of fused-ring (bicyclic) bond motifs is 1. The lowest BCUT2D eigenvalue weighted by Gasteiger charge is -2.09. The summed E-state index contributed by atoms with van der Waals surface area (Å²) in [5.41, 5.74) is 9.39. The highest BCUT2D eigenvalue weighted by Gasteiger charge is 2.13. The Labute approximate surface area is 133 Å². The van der Waals surface area contributed by atoms with Gasteiger partial charge in [0.25, 0.3) is 0 Å². The highest BCUT2D eigenvalue weighted by atomic mass is 35.5. The van der Waals surface area contributed by atoms with Crippen molar-refractivity contribution in [3.63, 3.8) is 0 Å². The molecule has 0 bridgehead atoms. The van der Waals surface area contributed by atoms with Crippen molar-refractivity contribution in [2.24, 2.45) is 0 Å². The van der Waals surface area contributed by atoms with Gasteiger partial charge in [-0.1, -0.05) is 30.1 Å². The molecule has 0 aliphatic carbocycles. The molecule has 3 rings (SSSR count). The molecule has 0 saturated heterocycles. The molecule has 0 spiro atoms. The largest absolute Gasteiger partial charge is 0.399 e. The zero-order valence-electron chi connectivity index (χ0n) is 11.6. The number of hydrogen-bond acceptors (Lipinski definition) is 2. The van der Waals surface area contributed by atoms with E-state index in [0.29, 0.717) is 15.7 Å². The first-order chi connectivity index (χ1) is 10.1. The van der Waals surface area contributed by atoms with Crippen molar-refractivity contribution in [1.29, 1.82) is 0 Å². The highest BCUT2D eigenvalue weighted by Crippen LogP contribution is 2.30.